The van der Waals surface area contributed by atoms with E-state index < -0.39 is 0 Å². The number of aromatic amines is 1. The average Bonchev–Trinajstić information content (AvgIpc) is 3.11. The number of carbonyl (C=O) groups excluding carboxylic acids is 1. The Morgan fingerprint density at radius 3 is 2.76 bits per heavy atom. The molecule has 0 unspecified atom stereocenters. The van der Waals surface area contributed by atoms with Gasteiger partial charge >= 0.3 is 0 Å². The molecule has 1 aliphatic carbocycles. The number of nitrogens with zero attached hydrogens (tertiary/aromatic N) is 1. The molecule has 0 radical (unpaired) electrons. The van der Waals surface area contributed by atoms with Gasteiger partial charge in [-0.15, -0.1) is 0 Å². The minimum atomic E-state index is 0.0882. The van der Waals surface area contributed by atoms with Gasteiger partial charge in [0.1, 0.15) is 5.69 Å². The molecule has 0 saturated heterocycles. The van der Waals surface area contributed by atoms with Gasteiger partial charge in [-0.25, -0.2) is 0 Å². The number of amides is 1. The molecule has 0 bridgehead atoms. The number of aryl methyl sites for hydroxylation is 1. The zero-order valence-corrected chi connectivity index (χ0v) is 12.7. The van der Waals surface area contributed by atoms with E-state index in [2.05, 4.69) is 15.5 Å². The number of rotatable bonds is 3. The van der Waals surface area contributed by atoms with E-state index in [4.69, 9.17) is 11.6 Å². The Balaban J connectivity index is 1.90. The summed E-state index contributed by atoms with van der Waals surface area (Å²) in [5.41, 5.74) is 3.10. The fourth-order valence-electron chi connectivity index (χ4n) is 2.84. The molecule has 2 N–H and O–H groups in total. The molecule has 1 aromatic carbocycles. The number of hydrogen-bond donors (Lipinski definition) is 2. The van der Waals surface area contributed by atoms with E-state index in [0.29, 0.717) is 10.7 Å². The van der Waals surface area contributed by atoms with E-state index in [1.807, 2.05) is 31.2 Å². The predicted octanol–water partition coefficient (Wildman–Crippen LogP) is 4.17. The number of nitrogens with one attached hydrogen (secondary N) is 2. The molecule has 0 spiro atoms. The Morgan fingerprint density at radius 2 is 2.05 bits per heavy atom. The van der Waals surface area contributed by atoms with Gasteiger partial charge in [0.25, 0.3) is 0 Å². The Labute approximate surface area is 128 Å². The smallest absolute Gasteiger partial charge is 0.227 e. The summed E-state index contributed by atoms with van der Waals surface area (Å²) in [6.07, 6.45) is 4.23. The van der Waals surface area contributed by atoms with Crippen LogP contribution in [0.5, 0.6) is 0 Å². The number of benzene rings is 1. The van der Waals surface area contributed by atoms with Crippen molar-refractivity contribution in [2.24, 2.45) is 5.92 Å². The van der Waals surface area contributed by atoms with Crippen LogP contribution in [-0.2, 0) is 4.79 Å². The summed E-state index contributed by atoms with van der Waals surface area (Å²) in [6.45, 7) is 1.90. The first kappa shape index (κ1) is 14.1. The summed E-state index contributed by atoms with van der Waals surface area (Å²) in [7, 11) is 0. The number of H-pyrrole nitrogens is 1. The van der Waals surface area contributed by atoms with Crippen LogP contribution in [0.15, 0.2) is 24.3 Å². The van der Waals surface area contributed by atoms with Crippen LogP contribution >= 0.6 is 11.6 Å². The van der Waals surface area contributed by atoms with Crippen LogP contribution in [0.2, 0.25) is 5.02 Å². The fraction of sp³-hybridized carbons (Fsp3) is 0.375. The number of aromatic nitrogens is 2. The van der Waals surface area contributed by atoms with Crippen LogP contribution in [0.1, 0.15) is 31.4 Å². The monoisotopic (exact) mass is 303 g/mol. The maximum absolute atomic E-state index is 12.3. The Hall–Kier alpha value is -1.81. The molecule has 1 saturated carbocycles. The number of hydrogen-bond acceptors (Lipinski definition) is 2. The lowest BCUT2D eigenvalue weighted by atomic mass is 10.1. The van der Waals surface area contributed by atoms with Gasteiger partial charge in [-0.05, 0) is 25.8 Å². The van der Waals surface area contributed by atoms with Gasteiger partial charge in [-0.1, -0.05) is 42.6 Å². The molecule has 1 aliphatic rings. The summed E-state index contributed by atoms with van der Waals surface area (Å²) < 4.78 is 0. The molecule has 3 rings (SSSR count). The topological polar surface area (TPSA) is 57.8 Å². The third-order valence-electron chi connectivity index (χ3n) is 4.05. The van der Waals surface area contributed by atoms with E-state index >= 15 is 0 Å². The first-order valence-electron chi connectivity index (χ1n) is 7.27. The highest BCUT2D eigenvalue weighted by Gasteiger charge is 2.25. The van der Waals surface area contributed by atoms with Crippen LogP contribution in [0.4, 0.5) is 5.69 Å². The van der Waals surface area contributed by atoms with E-state index in [9.17, 15) is 4.79 Å². The molecule has 110 valence electrons. The van der Waals surface area contributed by atoms with Crippen molar-refractivity contribution in [2.75, 3.05) is 5.32 Å². The van der Waals surface area contributed by atoms with Gasteiger partial charge in [0.2, 0.25) is 5.91 Å². The molecule has 0 aliphatic heterocycles. The third-order valence-corrected chi connectivity index (χ3v) is 4.38. The second-order valence-corrected chi connectivity index (χ2v) is 5.93. The lowest BCUT2D eigenvalue weighted by Gasteiger charge is -2.11. The maximum Gasteiger partial charge on any atom is 0.227 e. The van der Waals surface area contributed by atoms with Crippen molar-refractivity contribution in [3.63, 3.8) is 0 Å². The average molecular weight is 304 g/mol. The zero-order chi connectivity index (χ0) is 14.8. The van der Waals surface area contributed by atoms with Crippen molar-refractivity contribution in [2.45, 2.75) is 32.6 Å². The Morgan fingerprint density at radius 1 is 1.33 bits per heavy atom. The third kappa shape index (κ3) is 2.81. The van der Waals surface area contributed by atoms with Crippen molar-refractivity contribution in [1.82, 2.24) is 10.2 Å². The summed E-state index contributed by atoms with van der Waals surface area (Å²) in [4.78, 5) is 12.3. The van der Waals surface area contributed by atoms with Crippen LogP contribution in [-0.4, -0.2) is 16.1 Å². The van der Waals surface area contributed by atoms with Crippen molar-refractivity contribution < 1.29 is 4.79 Å². The molecule has 1 amide bonds. The molecule has 2 aromatic rings. The standard InChI is InChI=1S/C16H18ClN3O/c1-10-14(18-16(21)11-6-2-3-7-11)15(20-19-10)12-8-4-5-9-13(12)17/h4-5,8-9,11H,2-3,6-7H2,1H3,(H,18,21)(H,19,20). The van der Waals surface area contributed by atoms with Crippen LogP contribution in [0, 0.1) is 12.8 Å². The van der Waals surface area contributed by atoms with E-state index in [1.165, 1.54) is 0 Å². The van der Waals surface area contributed by atoms with Crippen molar-refractivity contribution in [3.8, 4) is 11.3 Å². The second kappa shape index (κ2) is 5.90. The number of carbonyl (C=O) groups is 1. The van der Waals surface area contributed by atoms with Gasteiger partial charge in [0.05, 0.1) is 16.4 Å². The normalized spacial score (nSPS) is 15.3. The molecule has 5 heteroatoms. The van der Waals surface area contributed by atoms with Gasteiger partial charge in [0.15, 0.2) is 0 Å². The van der Waals surface area contributed by atoms with Gasteiger partial charge < -0.3 is 5.32 Å². The maximum atomic E-state index is 12.3. The number of anilines is 1. The molecule has 1 heterocycles. The Bertz CT molecular complexity index is 659. The lowest BCUT2D eigenvalue weighted by molar-refractivity contribution is -0.119. The fourth-order valence-corrected chi connectivity index (χ4v) is 3.07. The van der Waals surface area contributed by atoms with E-state index in [0.717, 1.165) is 42.6 Å². The van der Waals surface area contributed by atoms with Crippen molar-refractivity contribution in [3.05, 3.63) is 35.0 Å². The highest BCUT2D eigenvalue weighted by molar-refractivity contribution is 6.33. The van der Waals surface area contributed by atoms with Crippen molar-refractivity contribution >= 4 is 23.2 Å². The second-order valence-electron chi connectivity index (χ2n) is 5.52. The summed E-state index contributed by atoms with van der Waals surface area (Å²) in [5.74, 6) is 0.212. The van der Waals surface area contributed by atoms with Crippen LogP contribution < -0.4 is 5.32 Å². The molecule has 0 atom stereocenters. The predicted molar refractivity (Wildman–Crippen MR) is 84.4 cm³/mol. The summed E-state index contributed by atoms with van der Waals surface area (Å²) >= 11 is 6.24. The molecule has 1 aromatic heterocycles. The molecular formula is C16H18ClN3O. The van der Waals surface area contributed by atoms with E-state index in [-0.39, 0.29) is 11.8 Å². The molecule has 21 heavy (non-hydrogen) atoms. The van der Waals surface area contributed by atoms with E-state index in [1.54, 1.807) is 0 Å². The molecule has 4 nitrogen and oxygen atoms in total. The minimum Gasteiger partial charge on any atom is -0.322 e. The quantitative estimate of drug-likeness (QED) is 0.894. The molecule has 1 fully saturated rings. The SMILES string of the molecule is Cc1[nH]nc(-c2ccccc2Cl)c1NC(=O)C1CCCC1. The van der Waals surface area contributed by atoms with Gasteiger partial charge in [-0.2, -0.15) is 5.10 Å². The summed E-state index contributed by atoms with van der Waals surface area (Å²) in [5, 5.41) is 10.9. The van der Waals surface area contributed by atoms with Gasteiger partial charge in [-0.3, -0.25) is 9.89 Å². The van der Waals surface area contributed by atoms with Crippen molar-refractivity contribution in [1.29, 1.82) is 0 Å². The minimum absolute atomic E-state index is 0.0882. The largest absolute Gasteiger partial charge is 0.322 e. The lowest BCUT2D eigenvalue weighted by Crippen LogP contribution is -2.20. The Kier molecular flexibility index (Phi) is 3.97. The summed E-state index contributed by atoms with van der Waals surface area (Å²) in [6, 6.07) is 7.52. The first-order valence-corrected chi connectivity index (χ1v) is 7.65. The van der Waals surface area contributed by atoms with Crippen LogP contribution in [0.3, 0.4) is 0 Å². The highest BCUT2D eigenvalue weighted by atomic mass is 35.5. The van der Waals surface area contributed by atoms with Crippen LogP contribution in [0.25, 0.3) is 11.3 Å². The highest BCUT2D eigenvalue weighted by Crippen LogP contribution is 2.34. The van der Waals surface area contributed by atoms with Gasteiger partial charge in [0, 0.05) is 11.5 Å². The zero-order valence-electron chi connectivity index (χ0n) is 11.9. The number of halogens is 1. The molecular weight excluding hydrogens is 286 g/mol. The first-order chi connectivity index (χ1) is 10.2.